The molecule has 5 rings (SSSR count). The largest absolute Gasteiger partial charge is 0.375 e. The molecule has 0 spiro atoms. The molecule has 2 aromatic heterocycles. The molecule has 0 atom stereocenters. The van der Waals surface area contributed by atoms with E-state index in [1.165, 1.54) is 55.4 Å². The first kappa shape index (κ1) is 18.5. The van der Waals surface area contributed by atoms with Crippen LogP contribution in [0.15, 0.2) is 42.7 Å². The van der Waals surface area contributed by atoms with Crippen LogP contribution in [0.4, 0.5) is 5.13 Å². The van der Waals surface area contributed by atoms with Crippen LogP contribution in [-0.2, 0) is 6.54 Å². The molecule has 0 aliphatic heterocycles. The second-order valence-corrected chi connectivity index (χ2v) is 8.26. The van der Waals surface area contributed by atoms with Crippen LogP contribution in [0.5, 0.6) is 0 Å². The molecule has 1 aliphatic rings. The Morgan fingerprint density at radius 2 is 1.75 bits per heavy atom. The van der Waals surface area contributed by atoms with Crippen LogP contribution in [0.25, 0.3) is 21.3 Å². The summed E-state index contributed by atoms with van der Waals surface area (Å²) in [6, 6.07) is 12.1. The minimum Gasteiger partial charge on any atom is -0.375 e. The van der Waals surface area contributed by atoms with Gasteiger partial charge in [-0.25, -0.2) is 9.97 Å². The van der Waals surface area contributed by atoms with Gasteiger partial charge in [0, 0.05) is 12.1 Å². The van der Waals surface area contributed by atoms with E-state index in [0.29, 0.717) is 5.13 Å². The van der Waals surface area contributed by atoms with Gasteiger partial charge in [0.2, 0.25) is 0 Å². The molecule has 142 valence electrons. The lowest BCUT2D eigenvalue weighted by Gasteiger charge is -2.05. The molecule has 28 heavy (non-hydrogen) atoms. The molecule has 0 unspecified atom stereocenters. The highest BCUT2D eigenvalue weighted by Gasteiger charge is 2.06. The third kappa shape index (κ3) is 4.18. The molecule has 4 nitrogen and oxygen atoms in total. The molecule has 0 radical (unpaired) electrons. The first-order valence-electron chi connectivity index (χ1n) is 9.79. The molecular formula is C23H24N4S. The fourth-order valence-electron chi connectivity index (χ4n) is 3.62. The van der Waals surface area contributed by atoms with Gasteiger partial charge in [0.05, 0.1) is 27.6 Å². The number of anilines is 1. The second-order valence-electron chi connectivity index (χ2n) is 7.20. The summed E-state index contributed by atoms with van der Waals surface area (Å²) in [6.07, 6.45) is 16.3. The van der Waals surface area contributed by atoms with Gasteiger partial charge in [0.15, 0.2) is 5.13 Å². The van der Waals surface area contributed by atoms with E-state index in [0.717, 1.165) is 33.4 Å². The number of rotatable bonds is 2. The molecule has 0 saturated heterocycles. The lowest BCUT2D eigenvalue weighted by Crippen LogP contribution is -1.97. The minimum atomic E-state index is 0.599. The van der Waals surface area contributed by atoms with Crippen molar-refractivity contribution < 1.29 is 0 Å². The van der Waals surface area contributed by atoms with Crippen LogP contribution in [0.3, 0.4) is 0 Å². The van der Waals surface area contributed by atoms with E-state index < -0.39 is 0 Å². The van der Waals surface area contributed by atoms with Gasteiger partial charge in [0.1, 0.15) is 0 Å². The van der Waals surface area contributed by atoms with E-state index in [9.17, 15) is 0 Å². The highest BCUT2D eigenvalue weighted by atomic mass is 32.1. The molecule has 2 aromatic carbocycles. The Morgan fingerprint density at radius 3 is 2.46 bits per heavy atom. The smallest absolute Gasteiger partial charge is 0.181 e. The van der Waals surface area contributed by atoms with Gasteiger partial charge in [-0.15, -0.1) is 6.42 Å². The molecule has 2 N–H and O–H groups in total. The maximum Gasteiger partial charge on any atom is 0.181 e. The van der Waals surface area contributed by atoms with Crippen LogP contribution in [0.1, 0.15) is 49.7 Å². The quantitative estimate of drug-likeness (QED) is 0.455. The lowest BCUT2D eigenvalue weighted by molar-refractivity contribution is 0.504. The van der Waals surface area contributed by atoms with Crippen molar-refractivity contribution in [3.63, 3.8) is 0 Å². The number of aromatic nitrogens is 3. The summed E-state index contributed by atoms with van der Waals surface area (Å²) in [4.78, 5) is 8.71. The summed E-state index contributed by atoms with van der Waals surface area (Å²) >= 11 is 1.51. The standard InChI is InChI=1S/C17H12N4S.C6H12/c1-2-11-4-6-15-14(7-11)19-10-21(15)9-12-3-5-13-16(8-12)22-17(18)20-13;1-2-4-6-5-3-1/h1,3-8,10H,9H2,(H2,18,20);1-6H2. The van der Waals surface area contributed by atoms with Crippen molar-refractivity contribution in [3.05, 3.63) is 53.9 Å². The molecular weight excluding hydrogens is 364 g/mol. The van der Waals surface area contributed by atoms with E-state index in [1.54, 1.807) is 0 Å². The number of nitrogens with two attached hydrogens (primary N) is 1. The van der Waals surface area contributed by atoms with Gasteiger partial charge in [-0.2, -0.15) is 0 Å². The fourth-order valence-corrected chi connectivity index (χ4v) is 4.42. The van der Waals surface area contributed by atoms with E-state index >= 15 is 0 Å². The van der Waals surface area contributed by atoms with Crippen molar-refractivity contribution in [1.82, 2.24) is 14.5 Å². The average Bonchev–Trinajstić information content (AvgIpc) is 3.31. The maximum absolute atomic E-state index is 5.75. The number of nitrogen functional groups attached to an aromatic ring is 1. The molecule has 1 fully saturated rings. The number of nitrogens with zero attached hydrogens (tertiary/aromatic N) is 3. The van der Waals surface area contributed by atoms with Crippen molar-refractivity contribution >= 4 is 37.7 Å². The monoisotopic (exact) mass is 388 g/mol. The van der Waals surface area contributed by atoms with Gasteiger partial charge >= 0.3 is 0 Å². The normalized spacial score (nSPS) is 13.8. The van der Waals surface area contributed by atoms with Crippen molar-refractivity contribution in [3.8, 4) is 12.3 Å². The Labute approximate surface area is 169 Å². The molecule has 5 heteroatoms. The fraction of sp³-hybridized carbons (Fsp3) is 0.304. The second kappa shape index (κ2) is 8.45. The topological polar surface area (TPSA) is 56.7 Å². The zero-order valence-corrected chi connectivity index (χ0v) is 16.7. The molecule has 1 saturated carbocycles. The summed E-state index contributed by atoms with van der Waals surface area (Å²) in [7, 11) is 0. The highest BCUT2D eigenvalue weighted by Crippen LogP contribution is 2.25. The van der Waals surface area contributed by atoms with Crippen molar-refractivity contribution in [1.29, 1.82) is 0 Å². The summed E-state index contributed by atoms with van der Waals surface area (Å²) in [5.74, 6) is 2.63. The predicted molar refractivity (Wildman–Crippen MR) is 119 cm³/mol. The van der Waals surface area contributed by atoms with E-state index in [2.05, 4.69) is 32.6 Å². The van der Waals surface area contributed by atoms with Crippen molar-refractivity contribution in [2.45, 2.75) is 45.1 Å². The van der Waals surface area contributed by atoms with Crippen LogP contribution >= 0.6 is 11.3 Å². The number of benzene rings is 2. The Balaban J connectivity index is 0.000000275. The predicted octanol–water partition coefficient (Wildman–Crippen LogP) is 5.60. The minimum absolute atomic E-state index is 0.599. The number of hydrogen-bond acceptors (Lipinski definition) is 4. The molecule has 1 aliphatic carbocycles. The number of hydrogen-bond donors (Lipinski definition) is 1. The lowest BCUT2D eigenvalue weighted by atomic mass is 10.0. The maximum atomic E-state index is 5.75. The van der Waals surface area contributed by atoms with E-state index in [-0.39, 0.29) is 0 Å². The highest BCUT2D eigenvalue weighted by molar-refractivity contribution is 7.22. The van der Waals surface area contributed by atoms with Crippen LogP contribution in [0.2, 0.25) is 0 Å². The zero-order valence-electron chi connectivity index (χ0n) is 15.9. The summed E-state index contributed by atoms with van der Waals surface area (Å²) < 4.78 is 3.22. The van der Waals surface area contributed by atoms with Crippen LogP contribution in [-0.4, -0.2) is 14.5 Å². The first-order chi connectivity index (χ1) is 13.7. The summed E-state index contributed by atoms with van der Waals surface area (Å²) in [6.45, 7) is 0.750. The molecule has 0 amide bonds. The summed E-state index contributed by atoms with van der Waals surface area (Å²) in [5.41, 5.74) is 10.7. The van der Waals surface area contributed by atoms with Gasteiger partial charge < -0.3 is 10.3 Å². The Bertz CT molecular complexity index is 1120. The average molecular weight is 389 g/mol. The van der Waals surface area contributed by atoms with Gasteiger partial charge in [-0.05, 0) is 35.9 Å². The SMILES string of the molecule is C#Cc1ccc2c(c1)ncn2Cc1ccc2nc(N)sc2c1.C1CCCCC1. The molecule has 0 bridgehead atoms. The third-order valence-corrected chi connectivity index (χ3v) is 5.96. The molecule has 2 heterocycles. The van der Waals surface area contributed by atoms with Gasteiger partial charge in [0.25, 0.3) is 0 Å². The summed E-state index contributed by atoms with van der Waals surface area (Å²) in [5, 5.41) is 0.599. The number of thiazole rings is 1. The first-order valence-corrected chi connectivity index (χ1v) is 10.6. The van der Waals surface area contributed by atoms with Crippen LogP contribution < -0.4 is 5.73 Å². The Kier molecular flexibility index (Phi) is 5.59. The number of fused-ring (bicyclic) bond motifs is 2. The molecule has 4 aromatic rings. The van der Waals surface area contributed by atoms with E-state index in [1.807, 2.05) is 30.6 Å². The Morgan fingerprint density at radius 1 is 1.00 bits per heavy atom. The van der Waals surface area contributed by atoms with Crippen LogP contribution in [0, 0.1) is 12.3 Å². The van der Waals surface area contributed by atoms with E-state index in [4.69, 9.17) is 12.2 Å². The zero-order chi connectivity index (χ0) is 19.3. The number of imidazole rings is 1. The van der Waals surface area contributed by atoms with Gasteiger partial charge in [-0.3, -0.25) is 0 Å². The van der Waals surface area contributed by atoms with Gasteiger partial charge in [-0.1, -0.05) is 61.8 Å². The Hall–Kier alpha value is -2.84. The van der Waals surface area contributed by atoms with Crippen molar-refractivity contribution in [2.24, 2.45) is 0 Å². The van der Waals surface area contributed by atoms with Crippen molar-refractivity contribution in [2.75, 3.05) is 5.73 Å². The third-order valence-electron chi connectivity index (χ3n) is 5.11. The number of terminal acetylenes is 1.